The average molecular weight is 308 g/mol. The number of rotatable bonds is 1. The van der Waals surface area contributed by atoms with E-state index in [4.69, 9.17) is 0 Å². The smallest absolute Gasteiger partial charge is 0.122 e. The monoisotopic (exact) mass is 308 g/mol. The standard InChI is InChI=1S/C20H24N2O/c1-19-9-20(2)12-21(10-19)18(22(11-19)13-20)17-15-6-4-3-5-14(15)7-8-16(17)23/h3-8,18,23H,9-13H2,1-2H3. The summed E-state index contributed by atoms with van der Waals surface area (Å²) in [4.78, 5) is 5.22. The van der Waals surface area contributed by atoms with E-state index in [0.29, 0.717) is 16.6 Å². The highest BCUT2D eigenvalue weighted by Crippen LogP contribution is 2.55. The van der Waals surface area contributed by atoms with Gasteiger partial charge < -0.3 is 5.11 Å². The number of benzene rings is 2. The minimum atomic E-state index is 0.225. The fourth-order valence-electron chi connectivity index (χ4n) is 5.92. The molecule has 4 saturated heterocycles. The van der Waals surface area contributed by atoms with Gasteiger partial charge in [-0.2, -0.15) is 0 Å². The summed E-state index contributed by atoms with van der Waals surface area (Å²) in [7, 11) is 0. The lowest BCUT2D eigenvalue weighted by atomic mass is 9.63. The second-order valence-electron chi connectivity index (χ2n) is 8.70. The van der Waals surface area contributed by atoms with Gasteiger partial charge in [-0.15, -0.1) is 0 Å². The molecule has 4 bridgehead atoms. The van der Waals surface area contributed by atoms with E-state index in [-0.39, 0.29) is 6.17 Å². The molecule has 4 fully saturated rings. The molecule has 4 aliphatic rings. The summed E-state index contributed by atoms with van der Waals surface area (Å²) in [6, 6.07) is 12.3. The zero-order valence-corrected chi connectivity index (χ0v) is 13.9. The largest absolute Gasteiger partial charge is 0.508 e. The molecule has 0 amide bonds. The summed E-state index contributed by atoms with van der Waals surface area (Å²) in [6.45, 7) is 9.45. The maximum Gasteiger partial charge on any atom is 0.122 e. The fraction of sp³-hybridized carbons (Fsp3) is 0.500. The lowest BCUT2D eigenvalue weighted by molar-refractivity contribution is -0.194. The molecule has 0 atom stereocenters. The average Bonchev–Trinajstić information content (AvgIpc) is 2.46. The molecule has 1 N–H and O–H groups in total. The highest BCUT2D eigenvalue weighted by molar-refractivity contribution is 5.88. The molecule has 2 aromatic carbocycles. The Hall–Kier alpha value is -1.58. The zero-order valence-electron chi connectivity index (χ0n) is 13.9. The van der Waals surface area contributed by atoms with Crippen LogP contribution in [0.4, 0.5) is 0 Å². The van der Waals surface area contributed by atoms with Gasteiger partial charge in [0.15, 0.2) is 0 Å². The first-order valence-electron chi connectivity index (χ1n) is 8.65. The van der Waals surface area contributed by atoms with Crippen LogP contribution < -0.4 is 0 Å². The highest BCUT2D eigenvalue weighted by atomic mass is 16.3. The van der Waals surface area contributed by atoms with Crippen molar-refractivity contribution < 1.29 is 5.11 Å². The Labute approximate surface area is 137 Å². The van der Waals surface area contributed by atoms with E-state index in [0.717, 1.165) is 31.7 Å². The van der Waals surface area contributed by atoms with Crippen LogP contribution in [-0.2, 0) is 0 Å². The van der Waals surface area contributed by atoms with E-state index < -0.39 is 0 Å². The van der Waals surface area contributed by atoms with Gasteiger partial charge in [0.25, 0.3) is 0 Å². The van der Waals surface area contributed by atoms with Crippen molar-refractivity contribution in [3.63, 3.8) is 0 Å². The van der Waals surface area contributed by atoms with Crippen LogP contribution in [-0.4, -0.2) is 41.1 Å². The van der Waals surface area contributed by atoms with E-state index in [2.05, 4.69) is 47.9 Å². The molecule has 0 saturated carbocycles. The van der Waals surface area contributed by atoms with Gasteiger partial charge in [0.05, 0.1) is 6.17 Å². The first-order valence-corrected chi connectivity index (χ1v) is 8.65. The van der Waals surface area contributed by atoms with Crippen molar-refractivity contribution >= 4 is 10.8 Å². The van der Waals surface area contributed by atoms with E-state index >= 15 is 0 Å². The van der Waals surface area contributed by atoms with Crippen LogP contribution in [0.25, 0.3) is 10.8 Å². The number of phenols is 1. The van der Waals surface area contributed by atoms with Gasteiger partial charge in [0.1, 0.15) is 5.75 Å². The second kappa shape index (κ2) is 4.28. The highest BCUT2D eigenvalue weighted by Gasteiger charge is 2.56. The number of nitrogens with zero attached hydrogens (tertiary/aromatic N) is 2. The molecular weight excluding hydrogens is 284 g/mol. The van der Waals surface area contributed by atoms with E-state index in [1.54, 1.807) is 0 Å². The number of phenolic OH excluding ortho intramolecular Hbond substituents is 1. The van der Waals surface area contributed by atoms with Crippen LogP contribution in [0.15, 0.2) is 36.4 Å². The van der Waals surface area contributed by atoms with Crippen molar-refractivity contribution in [2.75, 3.05) is 26.2 Å². The molecule has 4 heterocycles. The van der Waals surface area contributed by atoms with Crippen molar-refractivity contribution in [1.82, 2.24) is 9.80 Å². The van der Waals surface area contributed by atoms with Crippen molar-refractivity contribution in [1.29, 1.82) is 0 Å². The molecule has 3 nitrogen and oxygen atoms in total. The Morgan fingerprint density at radius 2 is 1.52 bits per heavy atom. The Bertz CT molecular complexity index is 763. The number of hydrogen-bond acceptors (Lipinski definition) is 3. The molecule has 0 aliphatic carbocycles. The van der Waals surface area contributed by atoms with Crippen molar-refractivity contribution in [3.8, 4) is 5.75 Å². The minimum Gasteiger partial charge on any atom is -0.508 e. The predicted molar refractivity (Wildman–Crippen MR) is 92.3 cm³/mol. The van der Waals surface area contributed by atoms with E-state index in [1.165, 1.54) is 17.2 Å². The van der Waals surface area contributed by atoms with Crippen LogP contribution in [0.1, 0.15) is 32.0 Å². The number of hydrogen-bond donors (Lipinski definition) is 1. The Morgan fingerprint density at radius 1 is 0.913 bits per heavy atom. The predicted octanol–water partition coefficient (Wildman–Crippen LogP) is 3.59. The van der Waals surface area contributed by atoms with Crippen LogP contribution in [0.2, 0.25) is 0 Å². The number of aromatic hydroxyl groups is 1. The first kappa shape index (κ1) is 13.8. The van der Waals surface area contributed by atoms with E-state index in [1.807, 2.05) is 12.1 Å². The Kier molecular flexibility index (Phi) is 2.57. The minimum absolute atomic E-state index is 0.225. The van der Waals surface area contributed by atoms with Crippen LogP contribution in [0.5, 0.6) is 5.75 Å². The van der Waals surface area contributed by atoms with Crippen LogP contribution >= 0.6 is 0 Å². The third-order valence-electron chi connectivity index (χ3n) is 6.09. The van der Waals surface area contributed by atoms with Crippen molar-refractivity contribution in [3.05, 3.63) is 42.0 Å². The van der Waals surface area contributed by atoms with Gasteiger partial charge in [-0.1, -0.05) is 44.2 Å². The lowest BCUT2D eigenvalue weighted by Crippen LogP contribution is -2.70. The third-order valence-corrected chi connectivity index (χ3v) is 6.09. The maximum atomic E-state index is 10.7. The topological polar surface area (TPSA) is 26.7 Å². The van der Waals surface area contributed by atoms with Gasteiger partial charge in [-0.3, -0.25) is 9.80 Å². The molecule has 4 aliphatic heterocycles. The molecule has 0 aromatic heterocycles. The quantitative estimate of drug-likeness (QED) is 0.872. The summed E-state index contributed by atoms with van der Waals surface area (Å²) in [6.07, 6.45) is 1.56. The molecule has 2 aromatic rings. The number of piperidine rings is 2. The fourth-order valence-corrected chi connectivity index (χ4v) is 5.92. The Morgan fingerprint density at radius 3 is 2.17 bits per heavy atom. The summed E-state index contributed by atoms with van der Waals surface area (Å²) in [5.41, 5.74) is 1.92. The molecule has 23 heavy (non-hydrogen) atoms. The maximum absolute atomic E-state index is 10.7. The van der Waals surface area contributed by atoms with Gasteiger partial charge >= 0.3 is 0 Å². The molecule has 3 heteroatoms. The third kappa shape index (κ3) is 1.90. The Balaban J connectivity index is 1.68. The van der Waals surface area contributed by atoms with Crippen LogP contribution in [0.3, 0.4) is 0 Å². The molecule has 120 valence electrons. The van der Waals surface area contributed by atoms with Gasteiger partial charge in [-0.05, 0) is 34.1 Å². The number of fused-ring (bicyclic) bond motifs is 1. The van der Waals surface area contributed by atoms with Crippen LogP contribution in [0, 0.1) is 10.8 Å². The summed E-state index contributed by atoms with van der Waals surface area (Å²) in [5, 5.41) is 13.1. The van der Waals surface area contributed by atoms with Crippen molar-refractivity contribution in [2.45, 2.75) is 26.4 Å². The van der Waals surface area contributed by atoms with Gasteiger partial charge in [0.2, 0.25) is 0 Å². The molecular formula is C20H24N2O. The normalized spacial score (nSPS) is 41.6. The SMILES string of the molecule is CC12CN3CC(C)(CN(C1)C3c1c(O)ccc3ccccc13)C2. The molecule has 0 unspecified atom stereocenters. The summed E-state index contributed by atoms with van der Waals surface area (Å²) < 4.78 is 0. The van der Waals surface area contributed by atoms with Gasteiger partial charge in [-0.25, -0.2) is 0 Å². The summed E-state index contributed by atoms with van der Waals surface area (Å²) in [5.74, 6) is 0.441. The molecule has 6 rings (SSSR count). The lowest BCUT2D eigenvalue weighted by Gasteiger charge is -2.66. The van der Waals surface area contributed by atoms with Crippen molar-refractivity contribution in [2.24, 2.45) is 10.8 Å². The molecule has 0 radical (unpaired) electrons. The van der Waals surface area contributed by atoms with E-state index in [9.17, 15) is 5.11 Å². The summed E-state index contributed by atoms with van der Waals surface area (Å²) >= 11 is 0. The van der Waals surface area contributed by atoms with Gasteiger partial charge in [0, 0.05) is 31.7 Å². The first-order chi connectivity index (χ1) is 11.0. The molecule has 0 spiro atoms. The second-order valence-corrected chi connectivity index (χ2v) is 8.70. The zero-order chi connectivity index (χ0) is 15.8.